The number of aromatic nitrogens is 1. The molecule has 1 N–H and O–H groups in total. The molecule has 0 spiro atoms. The van der Waals surface area contributed by atoms with E-state index in [0.717, 1.165) is 31.9 Å². The van der Waals surface area contributed by atoms with Gasteiger partial charge in [0.1, 0.15) is 0 Å². The number of carbonyl (C=O) groups is 1. The third-order valence-corrected chi connectivity index (χ3v) is 3.30. The topological polar surface area (TPSA) is 48.5 Å². The Morgan fingerprint density at radius 3 is 2.45 bits per heavy atom. The van der Waals surface area contributed by atoms with Crippen LogP contribution in [0.1, 0.15) is 31.1 Å². The van der Waals surface area contributed by atoms with Crippen molar-refractivity contribution in [3.05, 3.63) is 24.0 Å². The summed E-state index contributed by atoms with van der Waals surface area (Å²) in [7, 11) is 2.08. The maximum absolute atomic E-state index is 12.5. The van der Waals surface area contributed by atoms with E-state index in [2.05, 4.69) is 43.0 Å². The highest BCUT2D eigenvalue weighted by Gasteiger charge is 2.21. The summed E-state index contributed by atoms with van der Waals surface area (Å²) in [5.41, 5.74) is 1.50. The fourth-order valence-corrected chi connectivity index (χ4v) is 2.25. The van der Waals surface area contributed by atoms with E-state index >= 15 is 0 Å². The number of anilines is 1. The predicted octanol–water partition coefficient (Wildman–Crippen LogP) is 1.68. The number of pyridine rings is 1. The van der Waals surface area contributed by atoms with Crippen LogP contribution in [-0.2, 0) is 0 Å². The van der Waals surface area contributed by atoms with Crippen molar-refractivity contribution in [2.45, 2.75) is 26.3 Å². The van der Waals surface area contributed by atoms with Crippen molar-refractivity contribution in [2.75, 3.05) is 38.5 Å². The van der Waals surface area contributed by atoms with Crippen molar-refractivity contribution < 1.29 is 4.79 Å². The highest BCUT2D eigenvalue weighted by atomic mass is 16.2. The molecular weight excluding hydrogens is 252 g/mol. The van der Waals surface area contributed by atoms with Gasteiger partial charge in [0.15, 0.2) is 0 Å². The van der Waals surface area contributed by atoms with Crippen molar-refractivity contribution >= 4 is 11.6 Å². The molecule has 1 saturated heterocycles. The SMILES string of the molecule is CN1CCN(C(=O)c2cncc(NC(C)(C)C)c2)CC1. The van der Waals surface area contributed by atoms with Crippen LogP contribution in [0.2, 0.25) is 0 Å². The minimum Gasteiger partial charge on any atom is -0.379 e. The van der Waals surface area contributed by atoms with Crippen LogP contribution in [0.25, 0.3) is 0 Å². The predicted molar refractivity (Wildman–Crippen MR) is 81.0 cm³/mol. The van der Waals surface area contributed by atoms with Gasteiger partial charge >= 0.3 is 0 Å². The Bertz CT molecular complexity index is 473. The van der Waals surface area contributed by atoms with Crippen molar-refractivity contribution in [3.8, 4) is 0 Å². The molecule has 0 unspecified atom stereocenters. The molecule has 1 aromatic heterocycles. The second-order valence-corrected chi connectivity index (χ2v) is 6.43. The highest BCUT2D eigenvalue weighted by Crippen LogP contribution is 2.16. The first-order valence-corrected chi connectivity index (χ1v) is 7.06. The van der Waals surface area contributed by atoms with E-state index in [4.69, 9.17) is 0 Å². The maximum atomic E-state index is 12.5. The molecule has 1 aliphatic rings. The zero-order valence-corrected chi connectivity index (χ0v) is 12.8. The first-order chi connectivity index (χ1) is 9.35. The molecule has 110 valence electrons. The molecule has 0 saturated carbocycles. The average molecular weight is 276 g/mol. The molecule has 1 amide bonds. The van der Waals surface area contributed by atoms with Crippen LogP contribution in [0.4, 0.5) is 5.69 Å². The number of amides is 1. The van der Waals surface area contributed by atoms with Gasteiger partial charge in [-0.2, -0.15) is 0 Å². The number of nitrogens with one attached hydrogen (secondary N) is 1. The lowest BCUT2D eigenvalue weighted by atomic mass is 10.1. The number of likely N-dealkylation sites (N-methyl/N-ethyl adjacent to an activating group) is 1. The Labute approximate surface area is 121 Å². The van der Waals surface area contributed by atoms with E-state index in [1.807, 2.05) is 11.0 Å². The molecule has 1 aromatic rings. The lowest BCUT2D eigenvalue weighted by Gasteiger charge is -2.32. The van der Waals surface area contributed by atoms with Crippen LogP contribution >= 0.6 is 0 Å². The Morgan fingerprint density at radius 1 is 1.20 bits per heavy atom. The minimum atomic E-state index is -0.0445. The fourth-order valence-electron chi connectivity index (χ4n) is 2.25. The van der Waals surface area contributed by atoms with E-state index in [-0.39, 0.29) is 11.4 Å². The normalized spacial score (nSPS) is 17.1. The number of nitrogens with zero attached hydrogens (tertiary/aromatic N) is 3. The molecule has 5 nitrogen and oxygen atoms in total. The first kappa shape index (κ1) is 14.8. The van der Waals surface area contributed by atoms with Gasteiger partial charge in [-0.1, -0.05) is 0 Å². The van der Waals surface area contributed by atoms with Gasteiger partial charge in [-0.3, -0.25) is 9.78 Å². The van der Waals surface area contributed by atoms with Crippen LogP contribution in [0.3, 0.4) is 0 Å². The quantitative estimate of drug-likeness (QED) is 0.893. The van der Waals surface area contributed by atoms with Crippen LogP contribution in [0.15, 0.2) is 18.5 Å². The molecule has 2 heterocycles. The van der Waals surface area contributed by atoms with Crippen LogP contribution in [-0.4, -0.2) is 59.5 Å². The van der Waals surface area contributed by atoms with E-state index in [0.29, 0.717) is 5.56 Å². The summed E-state index contributed by atoms with van der Waals surface area (Å²) in [6.07, 6.45) is 3.40. The molecular formula is C15H24N4O. The zero-order valence-electron chi connectivity index (χ0n) is 12.8. The summed E-state index contributed by atoms with van der Waals surface area (Å²) < 4.78 is 0. The molecule has 5 heteroatoms. The van der Waals surface area contributed by atoms with E-state index in [1.54, 1.807) is 12.4 Å². The largest absolute Gasteiger partial charge is 0.379 e. The Hall–Kier alpha value is -1.62. The van der Waals surface area contributed by atoms with E-state index in [1.165, 1.54) is 0 Å². The molecule has 0 bridgehead atoms. The molecule has 0 aromatic carbocycles. The monoisotopic (exact) mass is 276 g/mol. The lowest BCUT2D eigenvalue weighted by molar-refractivity contribution is 0.0663. The molecule has 1 fully saturated rings. The molecule has 0 aliphatic carbocycles. The number of rotatable bonds is 2. The molecule has 2 rings (SSSR count). The fraction of sp³-hybridized carbons (Fsp3) is 0.600. The number of piperazine rings is 1. The molecule has 1 aliphatic heterocycles. The maximum Gasteiger partial charge on any atom is 0.255 e. The van der Waals surface area contributed by atoms with E-state index < -0.39 is 0 Å². The Kier molecular flexibility index (Phi) is 4.28. The number of hydrogen-bond acceptors (Lipinski definition) is 4. The van der Waals surface area contributed by atoms with Crippen LogP contribution in [0, 0.1) is 0 Å². The Morgan fingerprint density at radius 2 is 1.85 bits per heavy atom. The summed E-state index contributed by atoms with van der Waals surface area (Å²) in [6.45, 7) is 9.68. The average Bonchev–Trinajstić information content (AvgIpc) is 2.37. The van der Waals surface area contributed by atoms with Gasteiger partial charge in [0.05, 0.1) is 11.3 Å². The summed E-state index contributed by atoms with van der Waals surface area (Å²) in [5.74, 6) is 0.0724. The minimum absolute atomic E-state index is 0.0445. The summed E-state index contributed by atoms with van der Waals surface area (Å²) in [5, 5.41) is 3.34. The third-order valence-electron chi connectivity index (χ3n) is 3.30. The first-order valence-electron chi connectivity index (χ1n) is 7.06. The van der Waals surface area contributed by atoms with Gasteiger partial charge in [0.2, 0.25) is 0 Å². The summed E-state index contributed by atoms with van der Waals surface area (Å²) in [6, 6.07) is 1.89. The molecule has 0 radical (unpaired) electrons. The van der Waals surface area contributed by atoms with Crippen molar-refractivity contribution in [3.63, 3.8) is 0 Å². The third kappa shape index (κ3) is 3.93. The van der Waals surface area contributed by atoms with E-state index in [9.17, 15) is 4.79 Å². The molecule has 20 heavy (non-hydrogen) atoms. The van der Waals surface area contributed by atoms with Crippen LogP contribution in [0.5, 0.6) is 0 Å². The molecule has 0 atom stereocenters. The van der Waals surface area contributed by atoms with Gasteiger partial charge in [0, 0.05) is 44.1 Å². The number of carbonyl (C=O) groups excluding carboxylic acids is 1. The van der Waals surface area contributed by atoms with Crippen molar-refractivity contribution in [1.82, 2.24) is 14.8 Å². The van der Waals surface area contributed by atoms with Crippen LogP contribution < -0.4 is 5.32 Å². The van der Waals surface area contributed by atoms with Gasteiger partial charge < -0.3 is 15.1 Å². The summed E-state index contributed by atoms with van der Waals surface area (Å²) in [4.78, 5) is 20.8. The highest BCUT2D eigenvalue weighted by molar-refractivity contribution is 5.94. The van der Waals surface area contributed by atoms with Crippen molar-refractivity contribution in [2.24, 2.45) is 0 Å². The number of hydrogen-bond donors (Lipinski definition) is 1. The van der Waals surface area contributed by atoms with Crippen molar-refractivity contribution in [1.29, 1.82) is 0 Å². The smallest absolute Gasteiger partial charge is 0.255 e. The second kappa shape index (κ2) is 5.79. The van der Waals surface area contributed by atoms with Gasteiger partial charge in [-0.25, -0.2) is 0 Å². The zero-order chi connectivity index (χ0) is 14.8. The summed E-state index contributed by atoms with van der Waals surface area (Å²) >= 11 is 0. The lowest BCUT2D eigenvalue weighted by Crippen LogP contribution is -2.47. The second-order valence-electron chi connectivity index (χ2n) is 6.43. The van der Waals surface area contributed by atoms with Gasteiger partial charge in [-0.05, 0) is 33.9 Å². The standard InChI is InChI=1S/C15H24N4O/c1-15(2,3)17-13-9-12(10-16-11-13)14(20)19-7-5-18(4)6-8-19/h9-11,17H,5-8H2,1-4H3. The Balaban J connectivity index is 2.08. The van der Waals surface area contributed by atoms with Gasteiger partial charge in [0.25, 0.3) is 5.91 Å². The van der Waals surface area contributed by atoms with Gasteiger partial charge in [-0.15, -0.1) is 0 Å².